The first-order valence-corrected chi connectivity index (χ1v) is 10.2. The molecule has 1 amide bonds. The zero-order valence-corrected chi connectivity index (χ0v) is 16.0. The second-order valence-electron chi connectivity index (χ2n) is 6.02. The Hall–Kier alpha value is -2.38. The van der Waals surface area contributed by atoms with E-state index in [1.807, 2.05) is 38.1 Å². The van der Waals surface area contributed by atoms with E-state index in [1.54, 1.807) is 24.3 Å². The summed E-state index contributed by atoms with van der Waals surface area (Å²) in [5, 5.41) is 2.71. The summed E-state index contributed by atoms with van der Waals surface area (Å²) in [7, 11) is -3.52. The first-order valence-electron chi connectivity index (χ1n) is 8.31. The van der Waals surface area contributed by atoms with Crippen molar-refractivity contribution < 1.29 is 17.9 Å². The number of carbonyl (C=O) groups excluding carboxylic acids is 1. The van der Waals surface area contributed by atoms with E-state index in [-0.39, 0.29) is 13.1 Å². The minimum atomic E-state index is -3.52. The van der Waals surface area contributed by atoms with E-state index >= 15 is 0 Å². The number of benzene rings is 2. The smallest absolute Gasteiger partial charge is 0.239 e. The Kier molecular flexibility index (Phi) is 6.76. The van der Waals surface area contributed by atoms with Gasteiger partial charge in [0.25, 0.3) is 0 Å². The third-order valence-corrected chi connectivity index (χ3v) is 4.91. The van der Waals surface area contributed by atoms with Crippen LogP contribution in [0.4, 0.5) is 5.69 Å². The van der Waals surface area contributed by atoms with Gasteiger partial charge in [0.05, 0.1) is 19.4 Å². The van der Waals surface area contributed by atoms with Crippen LogP contribution in [0.1, 0.15) is 18.1 Å². The van der Waals surface area contributed by atoms with E-state index in [2.05, 4.69) is 5.32 Å². The normalized spacial score (nSPS) is 11.4. The summed E-state index contributed by atoms with van der Waals surface area (Å²) in [4.78, 5) is 12.3. The summed E-state index contributed by atoms with van der Waals surface area (Å²) in [6, 6.07) is 14.5. The molecule has 0 aromatic heterocycles. The van der Waals surface area contributed by atoms with Crippen molar-refractivity contribution in [2.45, 2.75) is 20.4 Å². The molecule has 0 aliphatic carbocycles. The summed E-state index contributed by atoms with van der Waals surface area (Å²) in [6.45, 7) is 4.32. The van der Waals surface area contributed by atoms with Crippen LogP contribution in [0.5, 0.6) is 5.75 Å². The number of aryl methyl sites for hydroxylation is 1. The van der Waals surface area contributed by atoms with Crippen molar-refractivity contribution in [2.75, 3.05) is 24.7 Å². The van der Waals surface area contributed by atoms with Crippen molar-refractivity contribution in [1.82, 2.24) is 4.31 Å². The molecule has 0 aliphatic heterocycles. The molecule has 140 valence electrons. The highest BCUT2D eigenvalue weighted by Crippen LogP contribution is 2.16. The van der Waals surface area contributed by atoms with E-state index in [0.29, 0.717) is 18.0 Å². The van der Waals surface area contributed by atoms with Crippen LogP contribution >= 0.6 is 0 Å². The lowest BCUT2D eigenvalue weighted by atomic mass is 10.1. The molecule has 1 N–H and O–H groups in total. The summed E-state index contributed by atoms with van der Waals surface area (Å²) < 4.78 is 30.6. The molecule has 0 saturated carbocycles. The van der Waals surface area contributed by atoms with Gasteiger partial charge in [-0.1, -0.05) is 29.8 Å². The number of rotatable bonds is 8. The first kappa shape index (κ1) is 19.9. The summed E-state index contributed by atoms with van der Waals surface area (Å²) in [5.74, 6) is 0.314. The van der Waals surface area contributed by atoms with E-state index in [4.69, 9.17) is 4.74 Å². The number of carbonyl (C=O) groups is 1. The van der Waals surface area contributed by atoms with Gasteiger partial charge in [0.2, 0.25) is 15.9 Å². The molecule has 2 rings (SSSR count). The minimum Gasteiger partial charge on any atom is -0.494 e. The Morgan fingerprint density at radius 3 is 2.23 bits per heavy atom. The lowest BCUT2D eigenvalue weighted by molar-refractivity contribution is -0.116. The Bertz CT molecular complexity index is 831. The Balaban J connectivity index is 2.03. The monoisotopic (exact) mass is 376 g/mol. The van der Waals surface area contributed by atoms with Crippen LogP contribution in [0.15, 0.2) is 48.5 Å². The van der Waals surface area contributed by atoms with Gasteiger partial charge in [-0.15, -0.1) is 0 Å². The maximum Gasteiger partial charge on any atom is 0.239 e. The maximum absolute atomic E-state index is 12.3. The minimum absolute atomic E-state index is 0.149. The van der Waals surface area contributed by atoms with Gasteiger partial charge < -0.3 is 10.1 Å². The summed E-state index contributed by atoms with van der Waals surface area (Å²) in [6.07, 6.45) is 1.10. The Labute approximate surface area is 154 Å². The average molecular weight is 376 g/mol. The number of hydrogen-bond donors (Lipinski definition) is 1. The molecule has 0 aliphatic rings. The van der Waals surface area contributed by atoms with E-state index in [1.165, 1.54) is 0 Å². The highest BCUT2D eigenvalue weighted by molar-refractivity contribution is 7.88. The van der Waals surface area contributed by atoms with Gasteiger partial charge >= 0.3 is 0 Å². The SMILES string of the molecule is CCOc1ccc(NC(=O)CN(Cc2ccc(C)cc2)S(C)(=O)=O)cc1. The highest BCUT2D eigenvalue weighted by Gasteiger charge is 2.20. The molecule has 0 heterocycles. The lowest BCUT2D eigenvalue weighted by Crippen LogP contribution is -2.36. The van der Waals surface area contributed by atoms with Gasteiger partial charge in [-0.25, -0.2) is 8.42 Å². The lowest BCUT2D eigenvalue weighted by Gasteiger charge is -2.19. The molecule has 0 atom stereocenters. The van der Waals surface area contributed by atoms with Crippen molar-refractivity contribution in [3.8, 4) is 5.75 Å². The number of nitrogens with one attached hydrogen (secondary N) is 1. The third-order valence-electron chi connectivity index (χ3n) is 3.72. The Morgan fingerprint density at radius 2 is 1.69 bits per heavy atom. The van der Waals surface area contributed by atoms with Crippen LogP contribution in [-0.2, 0) is 21.4 Å². The zero-order valence-electron chi connectivity index (χ0n) is 15.2. The number of ether oxygens (including phenoxy) is 1. The zero-order chi connectivity index (χ0) is 19.2. The molecular formula is C19H24N2O4S. The van der Waals surface area contributed by atoms with Crippen molar-refractivity contribution in [3.63, 3.8) is 0 Å². The molecule has 0 bridgehead atoms. The molecule has 0 radical (unpaired) electrons. The standard InChI is InChI=1S/C19H24N2O4S/c1-4-25-18-11-9-17(10-12-18)20-19(22)14-21(26(3,23)24)13-16-7-5-15(2)6-8-16/h5-12H,4,13-14H2,1-3H3,(H,20,22). The molecule has 26 heavy (non-hydrogen) atoms. The van der Waals surface area contributed by atoms with Gasteiger partial charge in [-0.3, -0.25) is 4.79 Å². The number of anilines is 1. The molecule has 0 saturated heterocycles. The summed E-state index contributed by atoms with van der Waals surface area (Å²) in [5.41, 5.74) is 2.50. The van der Waals surface area contributed by atoms with E-state index in [0.717, 1.165) is 21.7 Å². The molecule has 7 heteroatoms. The van der Waals surface area contributed by atoms with Crippen LogP contribution in [-0.4, -0.2) is 38.0 Å². The molecule has 6 nitrogen and oxygen atoms in total. The van der Waals surface area contributed by atoms with Crippen molar-refractivity contribution in [2.24, 2.45) is 0 Å². The van der Waals surface area contributed by atoms with Crippen molar-refractivity contribution in [1.29, 1.82) is 0 Å². The second kappa shape index (κ2) is 8.82. The fourth-order valence-corrected chi connectivity index (χ4v) is 3.08. The highest BCUT2D eigenvalue weighted by atomic mass is 32.2. The Morgan fingerprint density at radius 1 is 1.08 bits per heavy atom. The topological polar surface area (TPSA) is 75.7 Å². The number of amides is 1. The van der Waals surface area contributed by atoms with Gasteiger partial charge in [0.1, 0.15) is 5.75 Å². The van der Waals surface area contributed by atoms with Crippen molar-refractivity contribution >= 4 is 21.6 Å². The second-order valence-corrected chi connectivity index (χ2v) is 8.00. The number of hydrogen-bond acceptors (Lipinski definition) is 4. The fraction of sp³-hybridized carbons (Fsp3) is 0.316. The third kappa shape index (κ3) is 6.16. The molecule has 0 unspecified atom stereocenters. The van der Waals surface area contributed by atoms with Crippen molar-refractivity contribution in [3.05, 3.63) is 59.7 Å². The van der Waals surface area contributed by atoms with E-state index < -0.39 is 15.9 Å². The molecule has 2 aromatic carbocycles. The molecular weight excluding hydrogens is 352 g/mol. The van der Waals surface area contributed by atoms with Crippen LogP contribution in [0, 0.1) is 6.92 Å². The molecule has 0 fully saturated rings. The molecule has 2 aromatic rings. The van der Waals surface area contributed by atoms with Gasteiger partial charge in [0.15, 0.2) is 0 Å². The van der Waals surface area contributed by atoms with Crippen LogP contribution in [0.2, 0.25) is 0 Å². The predicted octanol–water partition coefficient (Wildman–Crippen LogP) is 2.79. The van der Waals surface area contributed by atoms with Gasteiger partial charge in [-0.2, -0.15) is 4.31 Å². The van der Waals surface area contributed by atoms with Crippen LogP contribution in [0.25, 0.3) is 0 Å². The first-order chi connectivity index (χ1) is 12.3. The quantitative estimate of drug-likeness (QED) is 0.769. The fourth-order valence-electron chi connectivity index (χ4n) is 2.35. The maximum atomic E-state index is 12.3. The van der Waals surface area contributed by atoms with Gasteiger partial charge in [0, 0.05) is 12.2 Å². The predicted molar refractivity (Wildman–Crippen MR) is 103 cm³/mol. The van der Waals surface area contributed by atoms with Gasteiger partial charge in [-0.05, 0) is 43.7 Å². The van der Waals surface area contributed by atoms with Crippen LogP contribution < -0.4 is 10.1 Å². The van der Waals surface area contributed by atoms with E-state index in [9.17, 15) is 13.2 Å². The average Bonchev–Trinajstić information content (AvgIpc) is 2.57. The number of sulfonamides is 1. The molecule has 0 spiro atoms. The van der Waals surface area contributed by atoms with Crippen LogP contribution in [0.3, 0.4) is 0 Å². The number of nitrogens with zero attached hydrogens (tertiary/aromatic N) is 1. The summed E-state index contributed by atoms with van der Waals surface area (Å²) >= 11 is 0. The largest absolute Gasteiger partial charge is 0.494 e.